The quantitative estimate of drug-likeness (QED) is 0.130. The average molecular weight is 934 g/mol. The molecule has 0 aliphatic rings. The zero-order valence-electron chi connectivity index (χ0n) is 36.2. The van der Waals surface area contributed by atoms with Gasteiger partial charge in [-0.1, -0.05) is 63.6 Å². The number of hydrogen-bond acceptors (Lipinski definition) is 6. The van der Waals surface area contributed by atoms with E-state index in [1.54, 1.807) is 0 Å². The van der Waals surface area contributed by atoms with Crippen LogP contribution in [0.5, 0.6) is 0 Å². The van der Waals surface area contributed by atoms with Gasteiger partial charge in [0.15, 0.2) is 0 Å². The van der Waals surface area contributed by atoms with Gasteiger partial charge >= 0.3 is 16.2 Å². The monoisotopic (exact) mass is 933 g/mol. The Kier molecular flexibility index (Phi) is 22.3. The van der Waals surface area contributed by atoms with Gasteiger partial charge in [0.05, 0.1) is 7.92 Å². The number of rotatable bonds is 16. The predicted octanol–water partition coefficient (Wildman–Crippen LogP) is 6.33. The zero-order valence-corrected chi connectivity index (χ0v) is 42.5. The Morgan fingerprint density at radius 3 is 0.815 bits per heavy atom. The van der Waals surface area contributed by atoms with Crippen LogP contribution < -0.4 is 20.8 Å². The summed E-state index contributed by atoms with van der Waals surface area (Å²) in [6.07, 6.45) is 0. The maximum absolute atomic E-state index is 5.68. The van der Waals surface area contributed by atoms with E-state index in [-0.39, 0.29) is 20.4 Å². The minimum atomic E-state index is -2.18. The normalized spacial score (nSPS) is 12.9. The second-order valence-corrected chi connectivity index (χ2v) is 30.5. The van der Waals surface area contributed by atoms with Gasteiger partial charge in [-0.3, -0.25) is 0 Å². The van der Waals surface area contributed by atoms with Gasteiger partial charge in [0, 0.05) is 67.6 Å². The Hall–Kier alpha value is -0.328. The largest absolute Gasteiger partial charge is 0.349 e. The molecule has 0 bridgehead atoms. The topological polar surface area (TPSA) is 65.9 Å². The van der Waals surface area contributed by atoms with Crippen molar-refractivity contribution >= 4 is 55.1 Å². The average Bonchev–Trinajstić information content (AvgIpc) is 3.08. The third kappa shape index (κ3) is 12.1. The number of benzene rings is 3. The van der Waals surface area contributed by atoms with Crippen molar-refractivity contribution in [3.63, 3.8) is 0 Å². The molecule has 3 aromatic carbocycles. The van der Waals surface area contributed by atoms with Crippen LogP contribution in [0, 0.1) is 0 Å². The number of hydrogen-bond donors (Lipinski definition) is 1. The van der Waals surface area contributed by atoms with Crippen LogP contribution in [-0.4, -0.2) is 169 Å². The first-order valence-corrected chi connectivity index (χ1v) is 25.4. The van der Waals surface area contributed by atoms with Crippen molar-refractivity contribution in [3.05, 3.63) is 91.0 Å². The van der Waals surface area contributed by atoms with Gasteiger partial charge in [0.25, 0.3) is 0 Å². The first kappa shape index (κ1) is 51.7. The summed E-state index contributed by atoms with van der Waals surface area (Å²) in [6.45, 7) is 0. The van der Waals surface area contributed by atoms with Crippen molar-refractivity contribution in [2.45, 2.75) is 0 Å². The standard InChI is InChI=1S/C18H55N12P4.C18H15P.Pd/c1-22(2)32(23(3)4,24(5)6)19-31(20-33(25(7)8,26(9)10)27(11)12)21-34(28(13)14,29(15)16)30(17)18;1-4-10-16(11-5-1)19(17-12-6-2-7-13-17)18-14-8-3-9-15-18;/h19H,1-18H3;1-15H;/q+1;;/p+2. The minimum Gasteiger partial charge on any atom is -0.249 e. The van der Waals surface area contributed by atoms with Crippen molar-refractivity contribution < 1.29 is 20.4 Å². The zero-order chi connectivity index (χ0) is 40.3. The fourth-order valence-electron chi connectivity index (χ4n) is 6.82. The number of nitrogens with one attached hydrogen (secondary N) is 1. The molecule has 0 aromatic heterocycles. The molecule has 12 nitrogen and oxygen atoms in total. The molecule has 308 valence electrons. The van der Waals surface area contributed by atoms with Gasteiger partial charge in [-0.2, -0.15) is 0 Å². The van der Waals surface area contributed by atoms with Crippen LogP contribution in [0.2, 0.25) is 0 Å². The van der Waals surface area contributed by atoms with Crippen LogP contribution in [0.4, 0.5) is 0 Å². The second-order valence-electron chi connectivity index (χ2n) is 14.4. The van der Waals surface area contributed by atoms with Crippen molar-refractivity contribution in [2.75, 3.05) is 127 Å². The van der Waals surface area contributed by atoms with E-state index in [4.69, 9.17) is 9.03 Å². The molecule has 1 N–H and O–H groups in total. The minimum absolute atomic E-state index is 0. The van der Waals surface area contributed by atoms with E-state index in [1.165, 1.54) is 15.9 Å². The van der Waals surface area contributed by atoms with Crippen LogP contribution in [0.15, 0.2) is 100 Å². The second kappa shape index (κ2) is 23.3. The molecule has 0 atom stereocenters. The Balaban J connectivity index is 0.000000607. The molecular formula is C36H72N12P5Pd+3. The molecule has 0 saturated carbocycles. The van der Waals surface area contributed by atoms with Gasteiger partial charge < -0.3 is 0 Å². The molecule has 18 heteroatoms. The molecular weight excluding hydrogens is 862 g/mol. The summed E-state index contributed by atoms with van der Waals surface area (Å²) in [5, 5.41) is 4.31. The Morgan fingerprint density at radius 2 is 0.630 bits per heavy atom. The molecule has 0 saturated heterocycles. The summed E-state index contributed by atoms with van der Waals surface area (Å²) in [7, 11) is 29.1. The maximum Gasteiger partial charge on any atom is 0.349 e. The van der Waals surface area contributed by atoms with Crippen LogP contribution in [-0.2, 0) is 20.4 Å². The molecule has 54 heavy (non-hydrogen) atoms. The molecule has 0 amide bonds. The smallest absolute Gasteiger partial charge is 0.249 e. The number of nitrogens with zero attached hydrogens (tertiary/aromatic N) is 11. The van der Waals surface area contributed by atoms with Gasteiger partial charge in [-0.25, -0.2) is 28.0 Å². The summed E-state index contributed by atoms with van der Waals surface area (Å²) in [5.74, 6) is 0. The molecule has 0 radical (unpaired) electrons. The van der Waals surface area contributed by atoms with Gasteiger partial charge in [-0.15, -0.1) is 14.0 Å². The first-order chi connectivity index (χ1) is 24.7. The van der Waals surface area contributed by atoms with Gasteiger partial charge in [-0.05, 0) is 121 Å². The van der Waals surface area contributed by atoms with Crippen LogP contribution in [0.1, 0.15) is 0 Å². The summed E-state index contributed by atoms with van der Waals surface area (Å²) >= 11 is 0. The van der Waals surface area contributed by atoms with Crippen molar-refractivity contribution in [2.24, 2.45) is 9.03 Å². The molecule has 0 spiro atoms. The fourth-order valence-corrected chi connectivity index (χ4v) is 27.3. The van der Waals surface area contributed by atoms with E-state index in [9.17, 15) is 0 Å². The van der Waals surface area contributed by atoms with Crippen molar-refractivity contribution in [1.29, 1.82) is 0 Å². The van der Waals surface area contributed by atoms with Crippen LogP contribution in [0.3, 0.4) is 0 Å². The Bertz CT molecular complexity index is 1390. The predicted molar refractivity (Wildman–Crippen MR) is 247 cm³/mol. The maximum atomic E-state index is 5.68. The van der Waals surface area contributed by atoms with Crippen LogP contribution in [0.25, 0.3) is 0 Å². The fraction of sp³-hybridized carbons (Fsp3) is 0.500. The summed E-state index contributed by atoms with van der Waals surface area (Å²) in [4.78, 5) is 4.06. The summed E-state index contributed by atoms with van der Waals surface area (Å²) < 4.78 is 31.8. The Morgan fingerprint density at radius 1 is 0.407 bits per heavy atom. The van der Waals surface area contributed by atoms with E-state index in [0.29, 0.717) is 0 Å². The Labute approximate surface area is 347 Å². The first-order valence-electron chi connectivity index (χ1n) is 17.7. The van der Waals surface area contributed by atoms with E-state index in [1.807, 2.05) is 0 Å². The van der Waals surface area contributed by atoms with Crippen molar-refractivity contribution in [3.8, 4) is 0 Å². The molecule has 0 heterocycles. The summed E-state index contributed by atoms with van der Waals surface area (Å²) in [5.41, 5.74) is 0. The van der Waals surface area contributed by atoms with Crippen molar-refractivity contribution in [1.82, 2.24) is 46.9 Å². The van der Waals surface area contributed by atoms with E-state index in [0.717, 1.165) is 0 Å². The third-order valence-corrected chi connectivity index (χ3v) is 27.0. The molecule has 3 rings (SSSR count). The molecule has 0 unspecified atom stereocenters. The molecule has 0 aliphatic carbocycles. The van der Waals surface area contributed by atoms with Gasteiger partial charge in [0.1, 0.15) is 15.9 Å². The molecule has 0 fully saturated rings. The summed E-state index contributed by atoms with van der Waals surface area (Å²) in [6, 6.07) is 32.5. The van der Waals surface area contributed by atoms with E-state index in [2.05, 4.69) is 265 Å². The molecule has 3 aromatic rings. The van der Waals surface area contributed by atoms with E-state index < -0.39 is 39.2 Å². The van der Waals surface area contributed by atoms with E-state index >= 15 is 0 Å². The third-order valence-electron chi connectivity index (χ3n) is 8.79. The SMILES string of the molecule is CN(C)P(=N[PH+](N=P(N(C)C)(N(C)C)N(C)C)N[P+](N(C)C)(N(C)C)N(C)C)(N(C)C)N(C)C.[Pd].c1ccc([PH+](c2ccccc2)c2ccccc2)cc1. The van der Waals surface area contributed by atoms with Gasteiger partial charge in [0.2, 0.25) is 15.0 Å². The molecule has 0 aliphatic heterocycles. The van der Waals surface area contributed by atoms with Crippen LogP contribution >= 0.6 is 39.2 Å².